The van der Waals surface area contributed by atoms with Gasteiger partial charge in [0.2, 0.25) is 0 Å². The van der Waals surface area contributed by atoms with Crippen LogP contribution in [0.3, 0.4) is 0 Å². The van der Waals surface area contributed by atoms with Crippen LogP contribution in [-0.4, -0.2) is 49.7 Å². The van der Waals surface area contributed by atoms with Crippen LogP contribution in [0, 0.1) is 0 Å². The largest absolute Gasteiger partial charge is 0.528 e. The van der Waals surface area contributed by atoms with E-state index in [1.165, 1.54) is 12.2 Å². The molecule has 0 saturated carbocycles. The molecule has 3 aromatic carbocycles. The molecule has 4 rings (SSSR count). The molecule has 1 atom stereocenters. The van der Waals surface area contributed by atoms with E-state index in [1.807, 2.05) is 24.3 Å². The van der Waals surface area contributed by atoms with E-state index in [1.54, 1.807) is 43.5 Å². The topological polar surface area (TPSA) is 104 Å². The van der Waals surface area contributed by atoms with Crippen LogP contribution in [-0.2, 0) is 27.4 Å². The van der Waals surface area contributed by atoms with E-state index in [2.05, 4.69) is 0 Å². The van der Waals surface area contributed by atoms with Gasteiger partial charge in [0.15, 0.2) is 6.61 Å². The second kappa shape index (κ2) is 11.9. The zero-order valence-corrected chi connectivity index (χ0v) is 21.1. The molecule has 1 N–H and O–H groups in total. The first-order chi connectivity index (χ1) is 17.9. The third-order valence-electron chi connectivity index (χ3n) is 5.89. The van der Waals surface area contributed by atoms with E-state index in [9.17, 15) is 9.59 Å². The van der Waals surface area contributed by atoms with Gasteiger partial charge in [0.1, 0.15) is 23.9 Å². The molecule has 0 radical (unpaired) electrons. The number of halogens is 1. The minimum Gasteiger partial charge on any atom is -0.497 e. The quantitative estimate of drug-likeness (QED) is 0.383. The van der Waals surface area contributed by atoms with Crippen molar-refractivity contribution in [2.75, 3.05) is 27.4 Å². The molecule has 0 spiro atoms. The van der Waals surface area contributed by atoms with Crippen LogP contribution in [0.2, 0.25) is 5.02 Å². The van der Waals surface area contributed by atoms with Gasteiger partial charge in [-0.1, -0.05) is 35.9 Å². The predicted molar refractivity (Wildman–Crippen MR) is 134 cm³/mol. The normalized spacial score (nSPS) is 14.8. The molecule has 194 valence electrons. The summed E-state index contributed by atoms with van der Waals surface area (Å²) in [6, 6.07) is 17.2. The van der Waals surface area contributed by atoms with Crippen molar-refractivity contribution in [2.45, 2.75) is 19.1 Å². The number of carbonyl (C=O) groups excluding carboxylic acids is 1. The van der Waals surface area contributed by atoms with Crippen molar-refractivity contribution in [2.24, 2.45) is 0 Å². The number of ether oxygens (including phenoxy) is 4. The molecule has 0 aromatic heterocycles. The van der Waals surface area contributed by atoms with Crippen LogP contribution in [0.5, 0.6) is 17.2 Å². The lowest BCUT2D eigenvalue weighted by Crippen LogP contribution is -2.38. The molecule has 9 nitrogen and oxygen atoms in total. The van der Waals surface area contributed by atoms with Gasteiger partial charge in [0.05, 0.1) is 20.3 Å². The van der Waals surface area contributed by atoms with E-state index >= 15 is 0 Å². The summed E-state index contributed by atoms with van der Waals surface area (Å²) in [6.07, 6.45) is -0.282. The second-order valence-electron chi connectivity index (χ2n) is 8.16. The van der Waals surface area contributed by atoms with Crippen molar-refractivity contribution in [1.29, 1.82) is 0 Å². The van der Waals surface area contributed by atoms with Crippen molar-refractivity contribution in [1.82, 2.24) is 5.06 Å². The Bertz CT molecular complexity index is 1280. The molecule has 0 fully saturated rings. The Kier molecular flexibility index (Phi) is 8.37. The lowest BCUT2D eigenvalue weighted by atomic mass is 9.89. The first-order valence-electron chi connectivity index (χ1n) is 11.4. The first-order valence-corrected chi connectivity index (χ1v) is 11.8. The van der Waals surface area contributed by atoms with E-state index < -0.39 is 24.8 Å². The number of aliphatic carboxylic acids is 1. The van der Waals surface area contributed by atoms with Gasteiger partial charge >= 0.3 is 12.1 Å². The third-order valence-corrected chi connectivity index (χ3v) is 6.12. The number of hydroxylamine groups is 2. The van der Waals surface area contributed by atoms with E-state index in [0.29, 0.717) is 46.4 Å². The smallest absolute Gasteiger partial charge is 0.497 e. The maximum absolute atomic E-state index is 12.8. The van der Waals surface area contributed by atoms with Crippen molar-refractivity contribution >= 4 is 23.7 Å². The molecule has 1 aliphatic heterocycles. The molecule has 3 aromatic rings. The molecule has 1 heterocycles. The van der Waals surface area contributed by atoms with Gasteiger partial charge in [-0.2, -0.15) is 0 Å². The molecule has 0 amide bonds. The highest BCUT2D eigenvalue weighted by molar-refractivity contribution is 6.30. The average Bonchev–Trinajstić information content (AvgIpc) is 2.90. The minimum absolute atomic E-state index is 0.0781. The van der Waals surface area contributed by atoms with Crippen LogP contribution < -0.4 is 14.2 Å². The zero-order valence-electron chi connectivity index (χ0n) is 20.3. The van der Waals surface area contributed by atoms with Crippen molar-refractivity contribution in [3.05, 3.63) is 87.9 Å². The van der Waals surface area contributed by atoms with Gasteiger partial charge in [-0.3, -0.25) is 0 Å². The van der Waals surface area contributed by atoms with Gasteiger partial charge < -0.3 is 28.9 Å². The van der Waals surface area contributed by atoms with Crippen molar-refractivity contribution in [3.8, 4) is 17.2 Å². The summed E-state index contributed by atoms with van der Waals surface area (Å²) >= 11 is 6.30. The van der Waals surface area contributed by atoms with Gasteiger partial charge in [0.25, 0.3) is 0 Å². The number of nitrogens with zero attached hydrogens (tertiary/aromatic N) is 1. The number of carboxylic acids is 1. The highest BCUT2D eigenvalue weighted by Gasteiger charge is 2.34. The van der Waals surface area contributed by atoms with Gasteiger partial charge in [0, 0.05) is 28.8 Å². The molecule has 0 bridgehead atoms. The van der Waals surface area contributed by atoms with E-state index in [4.69, 9.17) is 40.5 Å². The Labute approximate surface area is 219 Å². The Balaban J connectivity index is 1.58. The fourth-order valence-corrected chi connectivity index (χ4v) is 4.38. The van der Waals surface area contributed by atoms with Gasteiger partial charge in [-0.25, -0.2) is 9.59 Å². The highest BCUT2D eigenvalue weighted by Crippen LogP contribution is 2.40. The Morgan fingerprint density at radius 1 is 1.00 bits per heavy atom. The van der Waals surface area contributed by atoms with Crippen LogP contribution in [0.4, 0.5) is 4.79 Å². The van der Waals surface area contributed by atoms with Gasteiger partial charge in [-0.15, -0.1) is 5.06 Å². The summed E-state index contributed by atoms with van der Waals surface area (Å²) < 4.78 is 21.5. The first kappa shape index (κ1) is 26.1. The molecule has 37 heavy (non-hydrogen) atoms. The van der Waals surface area contributed by atoms with Crippen LogP contribution in [0.25, 0.3) is 0 Å². The third kappa shape index (κ3) is 6.25. The zero-order chi connectivity index (χ0) is 26.4. The summed E-state index contributed by atoms with van der Waals surface area (Å²) in [5.74, 6) is 0.325. The number of methoxy groups -OCH3 is 2. The SMILES string of the molecule is COc1ccc(COC(=O)ON2CCc3ccccc3C2c2cc(Cl)ccc2OCC(=O)O)c(OC)c1. The Morgan fingerprint density at radius 3 is 2.57 bits per heavy atom. The maximum atomic E-state index is 12.8. The number of benzene rings is 3. The van der Waals surface area contributed by atoms with Gasteiger partial charge in [-0.05, 0) is 47.9 Å². The lowest BCUT2D eigenvalue weighted by molar-refractivity contribution is -0.152. The minimum atomic E-state index is -1.12. The molecule has 10 heteroatoms. The Morgan fingerprint density at radius 2 is 1.81 bits per heavy atom. The predicted octanol–water partition coefficient (Wildman–Crippen LogP) is 5.04. The average molecular weight is 528 g/mol. The molecule has 1 aliphatic rings. The number of fused-ring (bicyclic) bond motifs is 1. The number of carbonyl (C=O) groups is 2. The molecule has 1 unspecified atom stereocenters. The molecule has 0 aliphatic carbocycles. The summed E-state index contributed by atoms with van der Waals surface area (Å²) in [5, 5.41) is 11.0. The van der Waals surface area contributed by atoms with Crippen LogP contribution >= 0.6 is 11.6 Å². The number of hydrogen-bond acceptors (Lipinski definition) is 8. The molecule has 0 saturated heterocycles. The monoisotopic (exact) mass is 527 g/mol. The summed E-state index contributed by atoms with van der Waals surface area (Å²) in [7, 11) is 3.06. The number of rotatable bonds is 9. The second-order valence-corrected chi connectivity index (χ2v) is 8.60. The maximum Gasteiger partial charge on any atom is 0.528 e. The Hall–Kier alpha value is -3.95. The van der Waals surface area contributed by atoms with Crippen molar-refractivity contribution in [3.63, 3.8) is 0 Å². The van der Waals surface area contributed by atoms with Crippen LogP contribution in [0.1, 0.15) is 28.3 Å². The lowest BCUT2D eigenvalue weighted by Gasteiger charge is -2.36. The standard InChI is InChI=1S/C27H26ClNO8/c1-33-20-9-7-18(24(14-20)34-2)15-36-27(32)37-29-12-11-17-5-3-4-6-21(17)26(29)22-13-19(28)8-10-23(22)35-16-25(30)31/h3-10,13-14,26H,11-12,15-16H2,1-2H3,(H,30,31). The fourth-order valence-electron chi connectivity index (χ4n) is 4.20. The van der Waals surface area contributed by atoms with Crippen LogP contribution in [0.15, 0.2) is 60.7 Å². The highest BCUT2D eigenvalue weighted by atomic mass is 35.5. The fraction of sp³-hybridized carbons (Fsp3) is 0.259. The van der Waals surface area contributed by atoms with Crippen molar-refractivity contribution < 1.29 is 38.5 Å². The molecular formula is C27H26ClNO8. The summed E-state index contributed by atoms with van der Waals surface area (Å²) in [4.78, 5) is 29.6. The number of carboxylic acid groups (broad SMARTS) is 1. The van der Waals surface area contributed by atoms with E-state index in [0.717, 1.165) is 11.1 Å². The molecular weight excluding hydrogens is 502 g/mol. The summed E-state index contributed by atoms with van der Waals surface area (Å²) in [5.41, 5.74) is 3.14. The number of hydrogen-bond donors (Lipinski definition) is 1. The van der Waals surface area contributed by atoms with E-state index in [-0.39, 0.29) is 6.61 Å². The summed E-state index contributed by atoms with van der Waals surface area (Å²) in [6.45, 7) is -0.242.